The molecule has 0 aliphatic rings. The molecule has 0 amide bonds. The van der Waals surface area contributed by atoms with Gasteiger partial charge in [0.1, 0.15) is 5.75 Å². The molecule has 2 nitrogen and oxygen atoms in total. The topological polar surface area (TPSA) is 18.5 Å². The first-order chi connectivity index (χ1) is 13.7. The lowest BCUT2D eigenvalue weighted by atomic mass is 9.78. The van der Waals surface area contributed by atoms with Gasteiger partial charge in [-0.3, -0.25) is 0 Å². The van der Waals surface area contributed by atoms with Crippen molar-refractivity contribution in [1.82, 2.24) is 0 Å². The Bertz CT molecular complexity index is 764. The zero-order chi connectivity index (χ0) is 21.6. The number of rotatable bonds is 10. The number of ether oxygens (including phenoxy) is 2. The molecule has 2 aromatic carbocycles. The quantitative estimate of drug-likeness (QED) is 0.336. The average Bonchev–Trinajstić information content (AvgIpc) is 2.71. The molecule has 2 rings (SSSR count). The van der Waals surface area contributed by atoms with Crippen LogP contribution in [0.4, 0.5) is 0 Å². The zero-order valence-corrected chi connectivity index (χ0v) is 20.2. The van der Waals surface area contributed by atoms with Gasteiger partial charge < -0.3 is 9.47 Å². The van der Waals surface area contributed by atoms with Gasteiger partial charge in [0.2, 0.25) is 0 Å². The summed E-state index contributed by atoms with van der Waals surface area (Å²) in [4.78, 5) is 0. The average molecular weight is 458 g/mol. The Morgan fingerprint density at radius 2 is 1.41 bits per heavy atom. The molecule has 0 heterocycles. The van der Waals surface area contributed by atoms with Crippen LogP contribution in [0, 0.1) is 11.8 Å². The van der Waals surface area contributed by atoms with E-state index >= 15 is 0 Å². The van der Waals surface area contributed by atoms with E-state index in [2.05, 4.69) is 46.8 Å². The van der Waals surface area contributed by atoms with E-state index in [4.69, 9.17) is 44.3 Å². The van der Waals surface area contributed by atoms with Crippen LogP contribution in [0.3, 0.4) is 0 Å². The second-order valence-corrected chi connectivity index (χ2v) is 9.44. The predicted molar refractivity (Wildman–Crippen MR) is 125 cm³/mol. The van der Waals surface area contributed by atoms with E-state index in [9.17, 15) is 0 Å². The normalized spacial score (nSPS) is 13.8. The van der Waals surface area contributed by atoms with Gasteiger partial charge in [0, 0.05) is 17.2 Å². The molecule has 2 aromatic rings. The molecule has 0 spiro atoms. The van der Waals surface area contributed by atoms with Crippen LogP contribution in [0.5, 0.6) is 11.5 Å². The maximum absolute atomic E-state index is 6.52. The first-order valence-electron chi connectivity index (χ1n) is 10.1. The van der Waals surface area contributed by atoms with Crippen LogP contribution in [0.2, 0.25) is 10.0 Å². The standard InChI is InChI=1S/C24H31Cl3O2/c1-6-16(2)14-29-23-21(26)11-19(12-22(23)27)24(4,5)18-7-9-20(10-8-18)28-15-17(3)13-25/h7-12,16-17H,6,13-15H2,1-5H3/t16-,17-/m1/s1. The van der Waals surface area contributed by atoms with Crippen LogP contribution in [0.1, 0.15) is 52.2 Å². The Morgan fingerprint density at radius 1 is 0.862 bits per heavy atom. The minimum absolute atomic E-state index is 0.273. The molecule has 0 saturated heterocycles. The van der Waals surface area contributed by atoms with Crippen molar-refractivity contribution in [3.63, 3.8) is 0 Å². The van der Waals surface area contributed by atoms with Crippen LogP contribution >= 0.6 is 34.8 Å². The fraction of sp³-hybridized carbons (Fsp3) is 0.500. The van der Waals surface area contributed by atoms with E-state index in [0.29, 0.717) is 46.7 Å². The Morgan fingerprint density at radius 3 is 1.93 bits per heavy atom. The summed E-state index contributed by atoms with van der Waals surface area (Å²) in [6.07, 6.45) is 1.05. The van der Waals surface area contributed by atoms with Crippen molar-refractivity contribution in [2.75, 3.05) is 19.1 Å². The Labute approximate surface area is 190 Å². The molecule has 0 N–H and O–H groups in total. The summed E-state index contributed by atoms with van der Waals surface area (Å²) >= 11 is 18.9. The molecule has 29 heavy (non-hydrogen) atoms. The molecular formula is C24H31Cl3O2. The molecular weight excluding hydrogens is 427 g/mol. The fourth-order valence-corrected chi connectivity index (χ4v) is 3.50. The van der Waals surface area contributed by atoms with Crippen molar-refractivity contribution in [2.24, 2.45) is 11.8 Å². The number of halogens is 3. The SMILES string of the molecule is CC[C@@H](C)COc1c(Cl)cc(C(C)(C)c2ccc(OC[C@H](C)CCl)cc2)cc1Cl. The van der Waals surface area contributed by atoms with Gasteiger partial charge in [-0.25, -0.2) is 0 Å². The molecule has 0 saturated carbocycles. The molecule has 5 heteroatoms. The van der Waals surface area contributed by atoms with Crippen molar-refractivity contribution in [3.05, 3.63) is 57.6 Å². The minimum atomic E-state index is -0.273. The summed E-state index contributed by atoms with van der Waals surface area (Å²) < 4.78 is 11.7. The predicted octanol–water partition coefficient (Wildman–Crippen LogP) is 8.00. The maximum Gasteiger partial charge on any atom is 0.156 e. The van der Waals surface area contributed by atoms with E-state index in [1.165, 1.54) is 0 Å². The third-order valence-electron chi connectivity index (χ3n) is 5.30. The summed E-state index contributed by atoms with van der Waals surface area (Å²) in [5, 5.41) is 1.08. The molecule has 0 aromatic heterocycles. The van der Waals surface area contributed by atoms with Gasteiger partial charge >= 0.3 is 0 Å². The Kier molecular flexibility index (Phi) is 9.00. The van der Waals surface area contributed by atoms with Crippen molar-refractivity contribution >= 4 is 34.8 Å². The highest BCUT2D eigenvalue weighted by Crippen LogP contribution is 2.40. The van der Waals surface area contributed by atoms with Gasteiger partial charge in [-0.15, -0.1) is 11.6 Å². The molecule has 0 fully saturated rings. The molecule has 160 valence electrons. The highest BCUT2D eigenvalue weighted by molar-refractivity contribution is 6.37. The number of benzene rings is 2. The van der Waals surface area contributed by atoms with Crippen LogP contribution < -0.4 is 9.47 Å². The summed E-state index contributed by atoms with van der Waals surface area (Å²) in [6.45, 7) is 11.9. The van der Waals surface area contributed by atoms with Crippen LogP contribution in [0.15, 0.2) is 36.4 Å². The Hall–Kier alpha value is -1.09. The number of hydrogen-bond donors (Lipinski definition) is 0. The van der Waals surface area contributed by atoms with E-state index < -0.39 is 0 Å². The number of alkyl halides is 1. The van der Waals surface area contributed by atoms with Crippen LogP contribution in [-0.2, 0) is 5.41 Å². The summed E-state index contributed by atoms with van der Waals surface area (Å²) in [7, 11) is 0. The van der Waals surface area contributed by atoms with Gasteiger partial charge in [-0.1, -0.05) is 76.4 Å². The first kappa shape index (κ1) is 24.2. The maximum atomic E-state index is 6.52. The highest BCUT2D eigenvalue weighted by atomic mass is 35.5. The lowest BCUT2D eigenvalue weighted by Gasteiger charge is -2.27. The van der Waals surface area contributed by atoms with E-state index in [1.807, 2.05) is 24.3 Å². The first-order valence-corrected chi connectivity index (χ1v) is 11.4. The van der Waals surface area contributed by atoms with Crippen molar-refractivity contribution in [1.29, 1.82) is 0 Å². The third-order valence-corrected chi connectivity index (χ3v) is 6.39. The third kappa shape index (κ3) is 6.44. The molecule has 0 unspecified atom stereocenters. The molecule has 0 aliphatic carbocycles. The Balaban J connectivity index is 2.19. The second-order valence-electron chi connectivity index (χ2n) is 8.31. The minimum Gasteiger partial charge on any atom is -0.493 e. The molecule has 0 aliphatic heterocycles. The molecule has 0 radical (unpaired) electrons. The number of hydrogen-bond acceptors (Lipinski definition) is 2. The summed E-state index contributed by atoms with van der Waals surface area (Å²) in [6, 6.07) is 12.0. The smallest absolute Gasteiger partial charge is 0.156 e. The van der Waals surface area contributed by atoms with Gasteiger partial charge in [-0.2, -0.15) is 0 Å². The second kappa shape index (κ2) is 10.8. The van der Waals surface area contributed by atoms with Gasteiger partial charge in [0.25, 0.3) is 0 Å². The lowest BCUT2D eigenvalue weighted by molar-refractivity contribution is 0.257. The van der Waals surface area contributed by atoms with Gasteiger partial charge in [0.15, 0.2) is 5.75 Å². The summed E-state index contributed by atoms with van der Waals surface area (Å²) in [5.74, 6) is 2.75. The largest absolute Gasteiger partial charge is 0.493 e. The van der Waals surface area contributed by atoms with Gasteiger partial charge in [0.05, 0.1) is 23.3 Å². The van der Waals surface area contributed by atoms with Gasteiger partial charge in [-0.05, 0) is 41.3 Å². The molecule has 2 atom stereocenters. The van der Waals surface area contributed by atoms with Crippen molar-refractivity contribution in [3.8, 4) is 11.5 Å². The summed E-state index contributed by atoms with van der Waals surface area (Å²) in [5.41, 5.74) is 1.91. The monoisotopic (exact) mass is 456 g/mol. The zero-order valence-electron chi connectivity index (χ0n) is 17.9. The van der Waals surface area contributed by atoms with E-state index in [1.54, 1.807) is 0 Å². The lowest BCUT2D eigenvalue weighted by Crippen LogP contribution is -2.19. The van der Waals surface area contributed by atoms with E-state index in [0.717, 1.165) is 23.3 Å². The van der Waals surface area contributed by atoms with Crippen molar-refractivity contribution in [2.45, 2.75) is 46.5 Å². The van der Waals surface area contributed by atoms with Crippen molar-refractivity contribution < 1.29 is 9.47 Å². The fourth-order valence-electron chi connectivity index (χ4n) is 2.82. The molecule has 0 bridgehead atoms. The van der Waals surface area contributed by atoms with Crippen LogP contribution in [0.25, 0.3) is 0 Å². The highest BCUT2D eigenvalue weighted by Gasteiger charge is 2.26. The van der Waals surface area contributed by atoms with E-state index in [-0.39, 0.29) is 5.41 Å². The van der Waals surface area contributed by atoms with Crippen LogP contribution in [-0.4, -0.2) is 19.1 Å².